The first-order valence-corrected chi connectivity index (χ1v) is 4.33. The van der Waals surface area contributed by atoms with Crippen LogP contribution < -0.4 is 5.32 Å². The zero-order chi connectivity index (χ0) is 8.39. The van der Waals surface area contributed by atoms with Crippen molar-refractivity contribution in [2.24, 2.45) is 5.92 Å². The molecule has 1 aliphatic rings. The van der Waals surface area contributed by atoms with E-state index in [0.29, 0.717) is 5.75 Å². The first-order chi connectivity index (χ1) is 5.84. The second-order valence-electron chi connectivity index (χ2n) is 3.40. The highest BCUT2D eigenvalue weighted by Crippen LogP contribution is 2.16. The van der Waals surface area contributed by atoms with Crippen LogP contribution in [0, 0.1) is 5.92 Å². The molecule has 64 valence electrons. The number of phenols is 1. The average Bonchev–Trinajstić information content (AvgIpc) is 1.97. The van der Waals surface area contributed by atoms with Gasteiger partial charge in [0.05, 0.1) is 0 Å². The molecule has 2 heteroatoms. The molecule has 0 radical (unpaired) electrons. The van der Waals surface area contributed by atoms with Crippen molar-refractivity contribution in [1.82, 2.24) is 5.32 Å². The lowest BCUT2D eigenvalue weighted by Crippen LogP contribution is -2.43. The first kappa shape index (κ1) is 7.62. The zero-order valence-corrected chi connectivity index (χ0v) is 6.96. The quantitative estimate of drug-likeness (QED) is 0.685. The van der Waals surface area contributed by atoms with Gasteiger partial charge in [0.1, 0.15) is 5.75 Å². The molecule has 0 aliphatic carbocycles. The lowest BCUT2D eigenvalue weighted by molar-refractivity contribution is 0.346. The zero-order valence-electron chi connectivity index (χ0n) is 6.96. The van der Waals surface area contributed by atoms with Gasteiger partial charge >= 0.3 is 0 Å². The summed E-state index contributed by atoms with van der Waals surface area (Å²) in [5, 5.41) is 12.4. The van der Waals surface area contributed by atoms with Crippen LogP contribution in [0.4, 0.5) is 0 Å². The maximum absolute atomic E-state index is 9.20. The molecule has 2 rings (SSSR count). The van der Waals surface area contributed by atoms with Crippen molar-refractivity contribution in [3.8, 4) is 5.75 Å². The van der Waals surface area contributed by atoms with Gasteiger partial charge in [-0.05, 0) is 43.1 Å². The summed E-state index contributed by atoms with van der Waals surface area (Å²) < 4.78 is 0. The smallest absolute Gasteiger partial charge is 0.115 e. The fourth-order valence-electron chi connectivity index (χ4n) is 1.51. The number of benzene rings is 1. The van der Waals surface area contributed by atoms with Crippen LogP contribution in [0.3, 0.4) is 0 Å². The van der Waals surface area contributed by atoms with E-state index in [1.54, 1.807) is 6.07 Å². The van der Waals surface area contributed by atoms with E-state index in [2.05, 4.69) is 11.4 Å². The molecule has 1 aromatic rings. The Labute approximate surface area is 72.2 Å². The lowest BCUT2D eigenvalue weighted by atomic mass is 9.94. The topological polar surface area (TPSA) is 32.3 Å². The normalized spacial score (nSPS) is 17.3. The minimum absolute atomic E-state index is 0.375. The predicted molar refractivity (Wildman–Crippen MR) is 48.2 cm³/mol. The maximum atomic E-state index is 9.20. The van der Waals surface area contributed by atoms with Gasteiger partial charge in [0.25, 0.3) is 0 Å². The monoisotopic (exact) mass is 163 g/mol. The average molecular weight is 163 g/mol. The molecule has 0 aromatic heterocycles. The number of hydrogen-bond acceptors (Lipinski definition) is 2. The number of nitrogens with one attached hydrogen (secondary N) is 1. The van der Waals surface area contributed by atoms with E-state index < -0.39 is 0 Å². The largest absolute Gasteiger partial charge is 0.508 e. The van der Waals surface area contributed by atoms with Gasteiger partial charge in [-0.2, -0.15) is 0 Å². The van der Waals surface area contributed by atoms with E-state index in [9.17, 15) is 5.11 Å². The van der Waals surface area contributed by atoms with Gasteiger partial charge in [-0.25, -0.2) is 0 Å². The standard InChI is InChI=1S/C10H13NO/c12-10-3-1-2-8(5-10)4-9-6-11-7-9/h1-3,5,9,11-12H,4,6-7H2. The Morgan fingerprint density at radius 2 is 2.25 bits per heavy atom. The minimum atomic E-state index is 0.375. The van der Waals surface area contributed by atoms with E-state index in [1.807, 2.05) is 12.1 Å². The molecule has 1 aliphatic heterocycles. The summed E-state index contributed by atoms with van der Waals surface area (Å²) in [7, 11) is 0. The van der Waals surface area contributed by atoms with E-state index >= 15 is 0 Å². The predicted octanol–water partition coefficient (Wildman–Crippen LogP) is 1.15. The van der Waals surface area contributed by atoms with Crippen LogP contribution in [0.5, 0.6) is 5.75 Å². The highest BCUT2D eigenvalue weighted by molar-refractivity contribution is 5.27. The third kappa shape index (κ3) is 1.59. The van der Waals surface area contributed by atoms with Gasteiger partial charge in [-0.3, -0.25) is 0 Å². The minimum Gasteiger partial charge on any atom is -0.508 e. The molecular formula is C10H13NO. The van der Waals surface area contributed by atoms with Crippen LogP contribution in [-0.2, 0) is 6.42 Å². The summed E-state index contributed by atoms with van der Waals surface area (Å²) in [6.07, 6.45) is 1.08. The van der Waals surface area contributed by atoms with E-state index in [-0.39, 0.29) is 0 Å². The van der Waals surface area contributed by atoms with Crippen LogP contribution in [0.2, 0.25) is 0 Å². The second kappa shape index (κ2) is 3.15. The number of phenolic OH excluding ortho intramolecular Hbond substituents is 1. The fourth-order valence-corrected chi connectivity index (χ4v) is 1.51. The number of hydrogen-bond donors (Lipinski definition) is 2. The van der Waals surface area contributed by atoms with Gasteiger partial charge in [0.15, 0.2) is 0 Å². The van der Waals surface area contributed by atoms with Crippen LogP contribution in [0.1, 0.15) is 5.56 Å². The Balaban J connectivity index is 2.02. The molecule has 1 aromatic carbocycles. The summed E-state index contributed by atoms with van der Waals surface area (Å²) >= 11 is 0. The molecule has 2 N–H and O–H groups in total. The summed E-state index contributed by atoms with van der Waals surface area (Å²) in [5.41, 5.74) is 1.24. The van der Waals surface area contributed by atoms with Crippen LogP contribution >= 0.6 is 0 Å². The van der Waals surface area contributed by atoms with E-state index in [1.165, 1.54) is 5.56 Å². The van der Waals surface area contributed by atoms with Gasteiger partial charge < -0.3 is 10.4 Å². The Morgan fingerprint density at radius 1 is 1.42 bits per heavy atom. The maximum Gasteiger partial charge on any atom is 0.115 e. The summed E-state index contributed by atoms with van der Waals surface area (Å²) in [6, 6.07) is 7.52. The number of rotatable bonds is 2. The van der Waals surface area contributed by atoms with Gasteiger partial charge in [-0.15, -0.1) is 0 Å². The van der Waals surface area contributed by atoms with Crippen LogP contribution in [0.25, 0.3) is 0 Å². The molecule has 1 fully saturated rings. The Hall–Kier alpha value is -1.02. The molecule has 12 heavy (non-hydrogen) atoms. The number of aromatic hydroxyl groups is 1. The van der Waals surface area contributed by atoms with Crippen molar-refractivity contribution < 1.29 is 5.11 Å². The van der Waals surface area contributed by atoms with Gasteiger partial charge in [0.2, 0.25) is 0 Å². The molecule has 1 saturated heterocycles. The second-order valence-corrected chi connectivity index (χ2v) is 3.40. The summed E-state index contributed by atoms with van der Waals surface area (Å²) in [4.78, 5) is 0. The lowest BCUT2D eigenvalue weighted by Gasteiger charge is -2.26. The summed E-state index contributed by atoms with van der Waals surface area (Å²) in [5.74, 6) is 1.14. The molecule has 0 saturated carbocycles. The van der Waals surface area contributed by atoms with Crippen LogP contribution in [-0.4, -0.2) is 18.2 Å². The third-order valence-corrected chi connectivity index (χ3v) is 2.30. The fraction of sp³-hybridized carbons (Fsp3) is 0.400. The first-order valence-electron chi connectivity index (χ1n) is 4.33. The molecule has 0 unspecified atom stereocenters. The highest BCUT2D eigenvalue weighted by Gasteiger charge is 2.16. The van der Waals surface area contributed by atoms with Crippen molar-refractivity contribution >= 4 is 0 Å². The van der Waals surface area contributed by atoms with Crippen molar-refractivity contribution in [2.45, 2.75) is 6.42 Å². The van der Waals surface area contributed by atoms with Crippen molar-refractivity contribution in [1.29, 1.82) is 0 Å². The molecular weight excluding hydrogens is 150 g/mol. The van der Waals surface area contributed by atoms with E-state index in [4.69, 9.17) is 0 Å². The van der Waals surface area contributed by atoms with E-state index in [0.717, 1.165) is 25.4 Å². The van der Waals surface area contributed by atoms with Crippen molar-refractivity contribution in [2.75, 3.05) is 13.1 Å². The third-order valence-electron chi connectivity index (χ3n) is 2.30. The van der Waals surface area contributed by atoms with Gasteiger partial charge in [0, 0.05) is 0 Å². The summed E-state index contributed by atoms with van der Waals surface area (Å²) in [6.45, 7) is 2.24. The highest BCUT2D eigenvalue weighted by atomic mass is 16.3. The van der Waals surface area contributed by atoms with Crippen molar-refractivity contribution in [3.05, 3.63) is 29.8 Å². The molecule has 2 nitrogen and oxygen atoms in total. The molecule has 1 heterocycles. The Bertz CT molecular complexity index is 268. The molecule has 0 atom stereocenters. The Kier molecular flexibility index (Phi) is 2.00. The molecule has 0 bridgehead atoms. The van der Waals surface area contributed by atoms with Crippen LogP contribution in [0.15, 0.2) is 24.3 Å². The van der Waals surface area contributed by atoms with Crippen molar-refractivity contribution in [3.63, 3.8) is 0 Å². The molecule has 0 amide bonds. The molecule has 0 spiro atoms. The Morgan fingerprint density at radius 3 is 2.83 bits per heavy atom. The SMILES string of the molecule is Oc1cccc(CC2CNC2)c1. The van der Waals surface area contributed by atoms with Gasteiger partial charge in [-0.1, -0.05) is 12.1 Å².